The Labute approximate surface area is 156 Å². The minimum Gasteiger partial charge on any atom is -0.431 e. The zero-order valence-electron chi connectivity index (χ0n) is 14.1. The number of ether oxygens (including phenoxy) is 1. The number of rotatable bonds is 2. The highest BCUT2D eigenvalue weighted by Gasteiger charge is 2.49. The van der Waals surface area contributed by atoms with Gasteiger partial charge in [0.25, 0.3) is 0 Å². The van der Waals surface area contributed by atoms with Crippen LogP contribution in [-0.4, -0.2) is 39.6 Å². The standard InChI is InChI=1S/C18H12B2F3N3O/c19-18(20)5-4-17(11-2-1-3-12(21)14(11)18)9-26-8-10(7-24)6-13(15(26)25-17)27-16(22)23/h1-3,6,8,16H,4-5,9H2/t17-/m1/s1. The van der Waals surface area contributed by atoms with E-state index in [0.717, 1.165) is 0 Å². The highest BCUT2D eigenvalue weighted by Crippen LogP contribution is 2.49. The van der Waals surface area contributed by atoms with Crippen molar-refractivity contribution in [2.75, 3.05) is 6.54 Å². The molecule has 0 amide bonds. The van der Waals surface area contributed by atoms with Crippen molar-refractivity contribution in [3.8, 4) is 6.07 Å². The number of hydrogen-bond donors (Lipinski definition) is 0. The molecule has 0 fully saturated rings. The number of nitrogens with zero attached hydrogens (tertiary/aromatic N) is 3. The number of allylic oxidation sites excluding steroid dienone is 2. The van der Waals surface area contributed by atoms with Gasteiger partial charge in [-0.15, -0.1) is 0 Å². The van der Waals surface area contributed by atoms with E-state index < -0.39 is 23.2 Å². The van der Waals surface area contributed by atoms with Crippen molar-refractivity contribution in [3.05, 3.63) is 58.8 Å². The van der Waals surface area contributed by atoms with E-state index in [1.54, 1.807) is 11.0 Å². The summed E-state index contributed by atoms with van der Waals surface area (Å²) in [6, 6.07) is 6.43. The molecule has 1 aromatic rings. The molecular weight excluding hydrogens is 353 g/mol. The maximum absolute atomic E-state index is 14.5. The maximum atomic E-state index is 14.5. The number of hydrogen-bond acceptors (Lipinski definition) is 4. The Bertz CT molecular complexity index is 952. The van der Waals surface area contributed by atoms with Crippen molar-refractivity contribution in [1.29, 1.82) is 5.26 Å². The van der Waals surface area contributed by atoms with Gasteiger partial charge in [-0.05, 0) is 23.6 Å². The van der Waals surface area contributed by atoms with Crippen LogP contribution in [0.3, 0.4) is 0 Å². The van der Waals surface area contributed by atoms with Gasteiger partial charge < -0.3 is 9.64 Å². The molecular formula is C18H12B2F3N3O. The van der Waals surface area contributed by atoms with Crippen LogP contribution in [0.1, 0.15) is 24.0 Å². The first-order valence-corrected chi connectivity index (χ1v) is 8.28. The molecule has 2 aliphatic heterocycles. The number of amidine groups is 1. The van der Waals surface area contributed by atoms with Crippen LogP contribution in [0.25, 0.3) is 0 Å². The van der Waals surface area contributed by atoms with Gasteiger partial charge in [-0.3, -0.25) is 4.99 Å². The van der Waals surface area contributed by atoms with E-state index in [9.17, 15) is 18.4 Å². The molecule has 1 aromatic carbocycles. The molecule has 132 valence electrons. The molecule has 0 N–H and O–H groups in total. The van der Waals surface area contributed by atoms with E-state index >= 15 is 0 Å². The lowest BCUT2D eigenvalue weighted by Crippen LogP contribution is -2.43. The lowest BCUT2D eigenvalue weighted by atomic mass is 9.44. The second-order valence-electron chi connectivity index (χ2n) is 6.88. The molecule has 4 nitrogen and oxygen atoms in total. The summed E-state index contributed by atoms with van der Waals surface area (Å²) in [6.07, 6.45) is 3.38. The number of alkyl halides is 2. The summed E-state index contributed by atoms with van der Waals surface area (Å²) in [7, 11) is 12.2. The highest BCUT2D eigenvalue weighted by atomic mass is 19.3. The van der Waals surface area contributed by atoms with Crippen molar-refractivity contribution in [2.45, 2.75) is 30.2 Å². The minimum absolute atomic E-state index is 0.156. The fraction of sp³-hybridized carbons (Fsp3) is 0.333. The molecule has 4 radical (unpaired) electrons. The van der Waals surface area contributed by atoms with Gasteiger partial charge in [0.15, 0.2) is 11.6 Å². The lowest BCUT2D eigenvalue weighted by molar-refractivity contribution is -0.0906. The first-order chi connectivity index (χ1) is 12.8. The number of benzene rings is 1. The van der Waals surface area contributed by atoms with Gasteiger partial charge in [-0.1, -0.05) is 23.8 Å². The molecule has 1 aliphatic carbocycles. The summed E-state index contributed by atoms with van der Waals surface area (Å²) in [6.45, 7) is -2.82. The predicted molar refractivity (Wildman–Crippen MR) is 93.5 cm³/mol. The molecule has 1 atom stereocenters. The van der Waals surface area contributed by atoms with Gasteiger partial charge in [0, 0.05) is 12.3 Å². The SMILES string of the molecule is [B]C1([B])CC[C@@]2(CN3C=C(C#N)C=C(OC(F)F)C3=N2)c2cccc(F)c21. The second-order valence-corrected chi connectivity index (χ2v) is 6.88. The van der Waals surface area contributed by atoms with Gasteiger partial charge in [-0.2, -0.15) is 14.0 Å². The third-order valence-electron chi connectivity index (χ3n) is 5.10. The van der Waals surface area contributed by atoms with E-state index in [4.69, 9.17) is 15.7 Å². The van der Waals surface area contributed by atoms with Crippen LogP contribution < -0.4 is 0 Å². The van der Waals surface area contributed by atoms with E-state index in [1.165, 1.54) is 24.4 Å². The van der Waals surface area contributed by atoms with Crippen LogP contribution >= 0.6 is 0 Å². The Morgan fingerprint density at radius 2 is 2.07 bits per heavy atom. The quantitative estimate of drug-likeness (QED) is 0.758. The molecule has 0 saturated carbocycles. The number of aliphatic imine (C=N–C) groups is 1. The molecule has 0 unspecified atom stereocenters. The Hall–Kier alpha value is -2.62. The first-order valence-electron chi connectivity index (χ1n) is 8.28. The summed E-state index contributed by atoms with van der Waals surface area (Å²) >= 11 is 0. The van der Waals surface area contributed by atoms with Crippen LogP contribution in [0.5, 0.6) is 0 Å². The van der Waals surface area contributed by atoms with Gasteiger partial charge in [0.1, 0.15) is 17.4 Å². The van der Waals surface area contributed by atoms with Gasteiger partial charge in [0.05, 0.1) is 27.8 Å². The molecule has 3 aliphatic rings. The monoisotopic (exact) mass is 365 g/mol. The summed E-state index contributed by atoms with van der Waals surface area (Å²) in [5.41, 5.74) is -0.0702. The second kappa shape index (κ2) is 5.95. The Kier molecular flexibility index (Phi) is 3.91. The van der Waals surface area contributed by atoms with E-state index in [0.29, 0.717) is 12.0 Å². The highest BCUT2D eigenvalue weighted by molar-refractivity contribution is 6.40. The number of nitriles is 1. The third-order valence-corrected chi connectivity index (χ3v) is 5.10. The van der Waals surface area contributed by atoms with Crippen molar-refractivity contribution in [3.63, 3.8) is 0 Å². The molecule has 27 heavy (non-hydrogen) atoms. The third kappa shape index (κ3) is 2.75. The predicted octanol–water partition coefficient (Wildman–Crippen LogP) is 2.56. The zero-order chi connectivity index (χ0) is 19.4. The minimum atomic E-state index is -3.06. The molecule has 4 rings (SSSR count). The molecule has 2 heterocycles. The number of fused-ring (bicyclic) bond motifs is 3. The topological polar surface area (TPSA) is 48.6 Å². The van der Waals surface area contributed by atoms with Crippen molar-refractivity contribution in [1.82, 2.24) is 4.90 Å². The van der Waals surface area contributed by atoms with Crippen LogP contribution in [-0.2, 0) is 15.5 Å². The Morgan fingerprint density at radius 1 is 1.30 bits per heavy atom. The van der Waals surface area contributed by atoms with Crippen LogP contribution in [0, 0.1) is 17.1 Å². The normalized spacial score (nSPS) is 25.3. The number of halogens is 3. The van der Waals surface area contributed by atoms with Crippen LogP contribution in [0.15, 0.2) is 46.8 Å². The van der Waals surface area contributed by atoms with Crippen molar-refractivity contribution >= 4 is 21.5 Å². The average Bonchev–Trinajstić information content (AvgIpc) is 2.98. The fourth-order valence-electron chi connectivity index (χ4n) is 3.96. The fourth-order valence-corrected chi connectivity index (χ4v) is 3.96. The van der Waals surface area contributed by atoms with Crippen molar-refractivity contribution < 1.29 is 17.9 Å². The largest absolute Gasteiger partial charge is 0.431 e. The Balaban J connectivity index is 1.85. The molecule has 0 aromatic heterocycles. The molecule has 9 heteroatoms. The van der Waals surface area contributed by atoms with Gasteiger partial charge in [-0.25, -0.2) is 4.39 Å². The zero-order valence-corrected chi connectivity index (χ0v) is 14.1. The van der Waals surface area contributed by atoms with Gasteiger partial charge in [0.2, 0.25) is 0 Å². The summed E-state index contributed by atoms with van der Waals surface area (Å²) in [5.74, 6) is -0.559. The smallest absolute Gasteiger partial charge is 0.387 e. The van der Waals surface area contributed by atoms with Crippen LogP contribution in [0.2, 0.25) is 0 Å². The maximum Gasteiger partial charge on any atom is 0.387 e. The molecule has 0 saturated heterocycles. The average molecular weight is 365 g/mol. The summed E-state index contributed by atoms with van der Waals surface area (Å²) < 4.78 is 44.7. The van der Waals surface area contributed by atoms with E-state index in [2.05, 4.69) is 9.73 Å². The molecule has 0 bridgehead atoms. The summed E-state index contributed by atoms with van der Waals surface area (Å²) in [4.78, 5) is 6.21. The van der Waals surface area contributed by atoms with Crippen molar-refractivity contribution in [2.24, 2.45) is 4.99 Å². The van der Waals surface area contributed by atoms with E-state index in [1.807, 2.05) is 6.07 Å². The van der Waals surface area contributed by atoms with Gasteiger partial charge >= 0.3 is 6.61 Å². The molecule has 1 spiro atoms. The van der Waals surface area contributed by atoms with Crippen LogP contribution in [0.4, 0.5) is 13.2 Å². The lowest BCUT2D eigenvalue weighted by Gasteiger charge is -2.42. The Morgan fingerprint density at radius 3 is 2.78 bits per heavy atom. The first kappa shape index (κ1) is 17.8. The summed E-state index contributed by atoms with van der Waals surface area (Å²) in [5, 5.41) is 7.83. The van der Waals surface area contributed by atoms with E-state index in [-0.39, 0.29) is 35.7 Å².